The van der Waals surface area contributed by atoms with Gasteiger partial charge in [0, 0.05) is 43.7 Å². The van der Waals surface area contributed by atoms with E-state index in [-0.39, 0.29) is 24.9 Å². The number of hydrogen-bond acceptors (Lipinski definition) is 4. The van der Waals surface area contributed by atoms with Crippen molar-refractivity contribution in [1.29, 1.82) is 0 Å². The zero-order valence-electron chi connectivity index (χ0n) is 16.8. The van der Waals surface area contributed by atoms with E-state index in [4.69, 9.17) is 4.74 Å². The van der Waals surface area contributed by atoms with Crippen LogP contribution in [0.3, 0.4) is 0 Å². The number of aliphatic hydroxyl groups is 1. The number of hydrogen-bond donors (Lipinski definition) is 1. The lowest BCUT2D eigenvalue weighted by Crippen LogP contribution is -3.00. The number of carbonyl (C=O) groups excluding carboxylic acids is 1. The van der Waals surface area contributed by atoms with Gasteiger partial charge in [0.1, 0.15) is 18.5 Å². The summed E-state index contributed by atoms with van der Waals surface area (Å²) in [5.74, 6) is 0.866. The van der Waals surface area contributed by atoms with Crippen LogP contribution in [0.5, 0.6) is 5.75 Å². The Kier molecular flexibility index (Phi) is 7.69. The first-order valence-electron chi connectivity index (χ1n) is 10.1. The molecule has 0 aromatic heterocycles. The Bertz CT molecular complexity index is 954. The van der Waals surface area contributed by atoms with E-state index in [0.717, 1.165) is 35.2 Å². The molecule has 4 rings (SSSR count). The largest absolute Gasteiger partial charge is 1.00 e. The number of fused-ring (bicyclic) bond motifs is 1. The van der Waals surface area contributed by atoms with E-state index in [1.165, 1.54) is 0 Å². The number of halogens is 1. The Balaban J connectivity index is 0.00000256. The van der Waals surface area contributed by atoms with Gasteiger partial charge < -0.3 is 27.2 Å². The molecule has 1 N–H and O–H groups in total. The van der Waals surface area contributed by atoms with Gasteiger partial charge in [-0.25, -0.2) is 0 Å². The molecule has 0 saturated carbocycles. The van der Waals surface area contributed by atoms with Crippen molar-refractivity contribution in [3.8, 4) is 5.75 Å². The lowest BCUT2D eigenvalue weighted by atomic mass is 10.1. The molecule has 5 nitrogen and oxygen atoms in total. The molecule has 1 fully saturated rings. The smallest absolute Gasteiger partial charge is 0.253 e. The fourth-order valence-corrected chi connectivity index (χ4v) is 3.76. The first kappa shape index (κ1) is 22.1. The van der Waals surface area contributed by atoms with E-state index in [1.54, 1.807) is 0 Å². The summed E-state index contributed by atoms with van der Waals surface area (Å²) in [5, 5.41) is 12.6. The number of ether oxygens (including phenoxy) is 1. The third-order valence-corrected chi connectivity index (χ3v) is 5.33. The quantitative estimate of drug-likeness (QED) is 0.606. The van der Waals surface area contributed by atoms with E-state index in [0.29, 0.717) is 19.6 Å². The normalized spacial score (nSPS) is 15.4. The Morgan fingerprint density at radius 3 is 2.33 bits per heavy atom. The van der Waals surface area contributed by atoms with Crippen LogP contribution in [0.15, 0.2) is 72.8 Å². The average molecular weight is 426 g/mol. The van der Waals surface area contributed by atoms with Gasteiger partial charge in [-0.1, -0.05) is 54.6 Å². The lowest BCUT2D eigenvalue weighted by molar-refractivity contribution is -0.0000219. The molecule has 0 aliphatic carbocycles. The highest BCUT2D eigenvalue weighted by Crippen LogP contribution is 2.25. The maximum atomic E-state index is 12.5. The molecule has 158 valence electrons. The van der Waals surface area contributed by atoms with Crippen molar-refractivity contribution in [3.05, 3.63) is 78.4 Å². The number of nitrogens with zero attached hydrogens (tertiary/aromatic N) is 2. The summed E-state index contributed by atoms with van der Waals surface area (Å²) < 4.78 is 5.90. The summed E-state index contributed by atoms with van der Waals surface area (Å²) in [6, 6.07) is 23.4. The van der Waals surface area contributed by atoms with Crippen LogP contribution >= 0.6 is 0 Å². The van der Waals surface area contributed by atoms with Crippen molar-refractivity contribution >= 4 is 16.7 Å². The molecule has 1 heterocycles. The molecule has 1 unspecified atom stereocenters. The van der Waals surface area contributed by atoms with Gasteiger partial charge in [-0.05, 0) is 23.6 Å². The molecular weight excluding hydrogens is 400 g/mol. The van der Waals surface area contributed by atoms with Crippen molar-refractivity contribution in [2.24, 2.45) is 0 Å². The summed E-state index contributed by atoms with van der Waals surface area (Å²) in [5.41, 5.74) is 0.726. The molecule has 3 aromatic rings. The molecule has 1 atom stereocenters. The van der Waals surface area contributed by atoms with Crippen LogP contribution in [0.1, 0.15) is 10.4 Å². The van der Waals surface area contributed by atoms with Gasteiger partial charge in [-0.3, -0.25) is 9.69 Å². The predicted molar refractivity (Wildman–Crippen MR) is 114 cm³/mol. The third kappa shape index (κ3) is 5.30. The maximum absolute atomic E-state index is 12.5. The number of β-amino-alcohol motifs (C(OH)–C–C–N with tert-alkyl or cyclic N) is 1. The van der Waals surface area contributed by atoms with Crippen LogP contribution in [0, 0.1) is 0 Å². The fraction of sp³-hybridized carbons (Fsp3) is 0.292. The maximum Gasteiger partial charge on any atom is 0.253 e. The van der Waals surface area contributed by atoms with Gasteiger partial charge in [0.05, 0.1) is 0 Å². The topological polar surface area (TPSA) is 53.0 Å². The van der Waals surface area contributed by atoms with E-state index in [2.05, 4.69) is 17.0 Å². The van der Waals surface area contributed by atoms with Crippen molar-refractivity contribution in [1.82, 2.24) is 9.80 Å². The van der Waals surface area contributed by atoms with Gasteiger partial charge in [-0.15, -0.1) is 0 Å². The zero-order chi connectivity index (χ0) is 20.1. The van der Waals surface area contributed by atoms with Crippen LogP contribution in [-0.4, -0.2) is 66.2 Å². The van der Waals surface area contributed by atoms with Gasteiger partial charge in [0.15, 0.2) is 0 Å². The minimum absolute atomic E-state index is 0. The minimum Gasteiger partial charge on any atom is -1.00 e. The second-order valence-electron chi connectivity index (χ2n) is 7.40. The molecule has 30 heavy (non-hydrogen) atoms. The van der Waals surface area contributed by atoms with Crippen LogP contribution in [0.2, 0.25) is 0 Å². The fourth-order valence-electron chi connectivity index (χ4n) is 3.76. The lowest BCUT2D eigenvalue weighted by Gasteiger charge is -2.35. The van der Waals surface area contributed by atoms with E-state index < -0.39 is 6.10 Å². The third-order valence-electron chi connectivity index (χ3n) is 5.33. The summed E-state index contributed by atoms with van der Waals surface area (Å²) in [4.78, 5) is 16.6. The number of carbonyl (C=O) groups is 1. The molecule has 1 aliphatic rings. The predicted octanol–water partition coefficient (Wildman–Crippen LogP) is 0.0415. The standard InChI is InChI=1S/C24H26N2O3.ClH/c27-21(18-29-23-12-6-10-19-7-4-5-11-22(19)23)17-25-13-15-26(16-14-25)24(28)20-8-2-1-3-9-20;/h1-12,21,27H,13-18H2;1H/p-1. The molecule has 0 spiro atoms. The Hall–Kier alpha value is -2.60. The van der Waals surface area contributed by atoms with E-state index >= 15 is 0 Å². The minimum atomic E-state index is -0.578. The second kappa shape index (κ2) is 10.4. The number of benzene rings is 3. The van der Waals surface area contributed by atoms with Crippen molar-refractivity contribution in [2.45, 2.75) is 6.10 Å². The Labute approximate surface area is 183 Å². The number of piperazine rings is 1. The molecule has 6 heteroatoms. The Morgan fingerprint density at radius 2 is 1.57 bits per heavy atom. The molecule has 1 aliphatic heterocycles. The molecular formula is C24H26ClN2O3-. The highest BCUT2D eigenvalue weighted by molar-refractivity contribution is 5.94. The molecule has 1 amide bonds. The second-order valence-corrected chi connectivity index (χ2v) is 7.40. The van der Waals surface area contributed by atoms with Gasteiger partial charge in [0.25, 0.3) is 5.91 Å². The van der Waals surface area contributed by atoms with E-state index in [9.17, 15) is 9.90 Å². The van der Waals surface area contributed by atoms with Crippen LogP contribution in [0.25, 0.3) is 10.8 Å². The first-order valence-corrected chi connectivity index (χ1v) is 10.1. The van der Waals surface area contributed by atoms with Crippen LogP contribution < -0.4 is 17.1 Å². The molecule has 0 bridgehead atoms. The van der Waals surface area contributed by atoms with Crippen molar-refractivity contribution in [2.75, 3.05) is 39.3 Å². The number of amides is 1. The SMILES string of the molecule is O=C(c1ccccc1)N1CCN(CC(O)COc2cccc3ccccc23)CC1.[Cl-]. The molecule has 1 saturated heterocycles. The van der Waals surface area contributed by atoms with Gasteiger partial charge in [0.2, 0.25) is 0 Å². The number of rotatable bonds is 6. The number of aliphatic hydroxyl groups excluding tert-OH is 1. The highest BCUT2D eigenvalue weighted by Gasteiger charge is 2.23. The summed E-state index contributed by atoms with van der Waals surface area (Å²) in [6.07, 6.45) is -0.578. The monoisotopic (exact) mass is 425 g/mol. The van der Waals surface area contributed by atoms with Gasteiger partial charge in [-0.2, -0.15) is 0 Å². The van der Waals surface area contributed by atoms with Crippen molar-refractivity contribution < 1.29 is 27.0 Å². The van der Waals surface area contributed by atoms with Crippen LogP contribution in [-0.2, 0) is 0 Å². The Morgan fingerprint density at radius 1 is 0.900 bits per heavy atom. The van der Waals surface area contributed by atoms with Gasteiger partial charge >= 0.3 is 0 Å². The summed E-state index contributed by atoms with van der Waals surface area (Å²) >= 11 is 0. The molecule has 3 aromatic carbocycles. The van der Waals surface area contributed by atoms with Crippen LogP contribution in [0.4, 0.5) is 0 Å². The summed E-state index contributed by atoms with van der Waals surface area (Å²) in [7, 11) is 0. The first-order chi connectivity index (χ1) is 14.2. The zero-order valence-corrected chi connectivity index (χ0v) is 17.5. The average Bonchev–Trinajstić information content (AvgIpc) is 2.78. The summed E-state index contributed by atoms with van der Waals surface area (Å²) in [6.45, 7) is 3.64. The van der Waals surface area contributed by atoms with E-state index in [1.807, 2.05) is 65.6 Å². The van der Waals surface area contributed by atoms with Crippen molar-refractivity contribution in [3.63, 3.8) is 0 Å². The highest BCUT2D eigenvalue weighted by atomic mass is 35.5. The molecule has 0 radical (unpaired) electrons.